The van der Waals surface area contributed by atoms with E-state index in [4.69, 9.17) is 4.74 Å². The number of amides is 1. The zero-order chi connectivity index (χ0) is 21.3. The van der Waals surface area contributed by atoms with Crippen molar-refractivity contribution in [3.8, 4) is 11.1 Å². The highest BCUT2D eigenvalue weighted by atomic mass is 19.1. The molecule has 1 aromatic heterocycles. The molecule has 2 aliphatic rings. The summed E-state index contributed by atoms with van der Waals surface area (Å²) in [4.78, 5) is 18.7. The molecule has 2 atom stereocenters. The number of rotatable bonds is 6. The van der Waals surface area contributed by atoms with Gasteiger partial charge in [0, 0.05) is 49.2 Å². The van der Waals surface area contributed by atoms with Crippen LogP contribution in [0.3, 0.4) is 0 Å². The molecule has 0 spiro atoms. The molecular weight excluding hydrogens is 381 g/mol. The van der Waals surface area contributed by atoms with Crippen LogP contribution in [0, 0.1) is 18.7 Å². The van der Waals surface area contributed by atoms with E-state index in [0.29, 0.717) is 37.5 Å². The van der Waals surface area contributed by atoms with Crippen LogP contribution >= 0.6 is 0 Å². The fourth-order valence-electron chi connectivity index (χ4n) is 4.23. The van der Waals surface area contributed by atoms with Gasteiger partial charge in [0.2, 0.25) is 5.91 Å². The lowest BCUT2D eigenvalue weighted by molar-refractivity contribution is -0.121. The summed E-state index contributed by atoms with van der Waals surface area (Å²) in [6.45, 7) is 7.69. The van der Waals surface area contributed by atoms with E-state index in [1.54, 1.807) is 12.3 Å². The number of nitrogens with zero attached hydrogens (tertiary/aromatic N) is 2. The Morgan fingerprint density at radius 3 is 2.63 bits per heavy atom. The minimum Gasteiger partial charge on any atom is -0.372 e. The van der Waals surface area contributed by atoms with Crippen LogP contribution in [0.25, 0.3) is 11.1 Å². The molecule has 1 amide bonds. The average Bonchev–Trinajstić information content (AvgIpc) is 3.49. The molecule has 2 aromatic rings. The Hall–Kier alpha value is -2.47. The number of pyridine rings is 1. The van der Waals surface area contributed by atoms with Gasteiger partial charge < -0.3 is 15.0 Å². The van der Waals surface area contributed by atoms with Gasteiger partial charge in [-0.15, -0.1) is 0 Å². The fraction of sp³-hybridized carbons (Fsp3) is 0.500. The van der Waals surface area contributed by atoms with Crippen molar-refractivity contribution in [1.29, 1.82) is 0 Å². The first-order valence-corrected chi connectivity index (χ1v) is 10.8. The normalized spacial score (nSPS) is 21.5. The van der Waals surface area contributed by atoms with Crippen molar-refractivity contribution in [2.24, 2.45) is 5.92 Å². The number of aryl methyl sites for hydroxylation is 1. The fourth-order valence-corrected chi connectivity index (χ4v) is 4.23. The van der Waals surface area contributed by atoms with Crippen LogP contribution in [-0.2, 0) is 16.1 Å². The summed E-state index contributed by atoms with van der Waals surface area (Å²) in [7, 11) is 0. The van der Waals surface area contributed by atoms with Crippen LogP contribution in [0.4, 0.5) is 10.1 Å². The number of morpholine rings is 1. The molecule has 1 aromatic carbocycles. The van der Waals surface area contributed by atoms with Gasteiger partial charge >= 0.3 is 0 Å². The third kappa shape index (κ3) is 4.98. The second kappa shape index (κ2) is 8.72. The molecule has 1 aliphatic heterocycles. The second-order valence-corrected chi connectivity index (χ2v) is 8.73. The van der Waals surface area contributed by atoms with Crippen molar-refractivity contribution >= 4 is 11.6 Å². The van der Waals surface area contributed by atoms with E-state index in [-0.39, 0.29) is 23.9 Å². The van der Waals surface area contributed by atoms with Gasteiger partial charge in [0.05, 0.1) is 12.2 Å². The highest BCUT2D eigenvalue weighted by Crippen LogP contribution is 2.34. The summed E-state index contributed by atoms with van der Waals surface area (Å²) in [5.41, 5.74) is 3.75. The van der Waals surface area contributed by atoms with Crippen molar-refractivity contribution in [3.05, 3.63) is 47.5 Å². The topological polar surface area (TPSA) is 54.5 Å². The van der Waals surface area contributed by atoms with Gasteiger partial charge in [-0.2, -0.15) is 0 Å². The van der Waals surface area contributed by atoms with Gasteiger partial charge in [-0.05, 0) is 74.9 Å². The predicted molar refractivity (Wildman–Crippen MR) is 116 cm³/mol. The Morgan fingerprint density at radius 2 is 1.97 bits per heavy atom. The number of carbonyl (C=O) groups excluding carboxylic acids is 1. The Labute approximate surface area is 177 Å². The Kier molecular flexibility index (Phi) is 6.04. The molecule has 1 saturated heterocycles. The third-order valence-electron chi connectivity index (χ3n) is 5.77. The zero-order valence-corrected chi connectivity index (χ0v) is 18.0. The molecule has 2 fully saturated rings. The summed E-state index contributed by atoms with van der Waals surface area (Å²) in [6.07, 6.45) is 4.68. The molecule has 0 unspecified atom stereocenters. The number of aromatic nitrogens is 1. The largest absolute Gasteiger partial charge is 0.372 e. The molecule has 6 heteroatoms. The lowest BCUT2D eigenvalue weighted by atomic mass is 9.97. The number of halogens is 1. The Balaban J connectivity index is 1.66. The molecule has 30 heavy (non-hydrogen) atoms. The smallest absolute Gasteiger partial charge is 0.220 e. The summed E-state index contributed by atoms with van der Waals surface area (Å²) in [5.74, 6) is 0.275. The van der Waals surface area contributed by atoms with E-state index >= 15 is 4.39 Å². The average molecular weight is 412 g/mol. The number of hydrogen-bond donors (Lipinski definition) is 1. The van der Waals surface area contributed by atoms with E-state index in [1.807, 2.05) is 39.0 Å². The number of carbonyl (C=O) groups is 1. The van der Waals surface area contributed by atoms with E-state index in [9.17, 15) is 4.79 Å². The molecule has 0 bridgehead atoms. The number of benzene rings is 1. The molecule has 160 valence electrons. The lowest BCUT2D eigenvalue weighted by Gasteiger charge is -2.37. The van der Waals surface area contributed by atoms with Crippen LogP contribution < -0.4 is 10.2 Å². The second-order valence-electron chi connectivity index (χ2n) is 8.73. The quantitative estimate of drug-likeness (QED) is 0.773. The van der Waals surface area contributed by atoms with Crippen LogP contribution in [0.15, 0.2) is 30.5 Å². The number of ether oxygens (including phenoxy) is 1. The van der Waals surface area contributed by atoms with Crippen molar-refractivity contribution in [3.63, 3.8) is 0 Å². The molecular formula is C24H30FN3O2. The number of nitrogens with one attached hydrogen (secondary N) is 1. The summed E-state index contributed by atoms with van der Waals surface area (Å²) < 4.78 is 21.3. The van der Waals surface area contributed by atoms with Gasteiger partial charge in [-0.25, -0.2) is 4.39 Å². The van der Waals surface area contributed by atoms with Crippen LogP contribution in [0.1, 0.15) is 44.4 Å². The van der Waals surface area contributed by atoms with E-state index in [2.05, 4.69) is 15.2 Å². The summed E-state index contributed by atoms with van der Waals surface area (Å²) in [5, 5.41) is 3.01. The number of hydrogen-bond acceptors (Lipinski definition) is 4. The first-order valence-electron chi connectivity index (χ1n) is 10.8. The van der Waals surface area contributed by atoms with E-state index in [0.717, 1.165) is 35.3 Å². The first kappa shape index (κ1) is 20.8. The first-order chi connectivity index (χ1) is 14.4. The van der Waals surface area contributed by atoms with Crippen molar-refractivity contribution < 1.29 is 13.9 Å². The van der Waals surface area contributed by atoms with Gasteiger partial charge in [0.15, 0.2) is 0 Å². The SMILES string of the molecule is Cc1cc(-c2c(F)cc(N3C[C@@H](C)O[C@@H](C)C3)cc2CNC(=O)CC2CC2)ccn1. The molecule has 5 nitrogen and oxygen atoms in total. The standard InChI is InChI=1S/C24H30FN3O2/c1-15-8-19(6-7-26-15)24-20(12-27-23(29)9-18-4-5-18)10-21(11-22(24)25)28-13-16(2)30-17(3)14-28/h6-8,10-11,16-18H,4-5,9,12-14H2,1-3H3,(H,27,29)/t16-,17+. The van der Waals surface area contributed by atoms with Crippen molar-refractivity contribution in [2.45, 2.75) is 58.8 Å². The Morgan fingerprint density at radius 1 is 1.23 bits per heavy atom. The minimum absolute atomic E-state index is 0.0359. The monoisotopic (exact) mass is 411 g/mol. The molecule has 2 heterocycles. The maximum Gasteiger partial charge on any atom is 0.220 e. The summed E-state index contributed by atoms with van der Waals surface area (Å²) in [6, 6.07) is 7.31. The van der Waals surface area contributed by atoms with Gasteiger partial charge in [0.1, 0.15) is 5.82 Å². The zero-order valence-electron chi connectivity index (χ0n) is 18.0. The molecule has 1 N–H and O–H groups in total. The van der Waals surface area contributed by atoms with E-state index in [1.165, 1.54) is 0 Å². The molecule has 1 saturated carbocycles. The van der Waals surface area contributed by atoms with Gasteiger partial charge in [-0.3, -0.25) is 9.78 Å². The maximum absolute atomic E-state index is 15.4. The number of anilines is 1. The van der Waals surface area contributed by atoms with Crippen molar-refractivity contribution in [2.75, 3.05) is 18.0 Å². The predicted octanol–water partition coefficient (Wildman–Crippen LogP) is 4.23. The van der Waals surface area contributed by atoms with E-state index < -0.39 is 0 Å². The molecule has 1 aliphatic carbocycles. The van der Waals surface area contributed by atoms with Crippen molar-refractivity contribution in [1.82, 2.24) is 10.3 Å². The van der Waals surface area contributed by atoms with Crippen LogP contribution in [0.5, 0.6) is 0 Å². The van der Waals surface area contributed by atoms with Gasteiger partial charge in [-0.1, -0.05) is 0 Å². The maximum atomic E-state index is 15.4. The minimum atomic E-state index is -0.281. The highest BCUT2D eigenvalue weighted by molar-refractivity contribution is 5.77. The lowest BCUT2D eigenvalue weighted by Crippen LogP contribution is -2.45. The molecule has 4 rings (SSSR count). The third-order valence-corrected chi connectivity index (χ3v) is 5.77. The Bertz CT molecular complexity index is 919. The van der Waals surface area contributed by atoms with Crippen LogP contribution in [-0.4, -0.2) is 36.2 Å². The van der Waals surface area contributed by atoms with Crippen LogP contribution in [0.2, 0.25) is 0 Å². The molecule has 0 radical (unpaired) electrons. The van der Waals surface area contributed by atoms with Gasteiger partial charge in [0.25, 0.3) is 0 Å². The highest BCUT2D eigenvalue weighted by Gasteiger charge is 2.26. The summed E-state index contributed by atoms with van der Waals surface area (Å²) >= 11 is 0.